The summed E-state index contributed by atoms with van der Waals surface area (Å²) in [7, 11) is 1.71. The molecule has 1 N–H and O–H groups in total. The van der Waals surface area contributed by atoms with Gasteiger partial charge >= 0.3 is 0 Å². The zero-order valence-corrected chi connectivity index (χ0v) is 11.2. The van der Waals surface area contributed by atoms with Gasteiger partial charge in [-0.1, -0.05) is 18.2 Å². The third-order valence-corrected chi connectivity index (χ3v) is 2.53. The van der Waals surface area contributed by atoms with Crippen molar-refractivity contribution in [3.05, 3.63) is 42.5 Å². The Morgan fingerprint density at radius 1 is 1.33 bits per heavy atom. The molecule has 0 aliphatic heterocycles. The van der Waals surface area contributed by atoms with E-state index in [0.717, 1.165) is 44.9 Å². The summed E-state index contributed by atoms with van der Waals surface area (Å²) in [6.45, 7) is 6.87. The van der Waals surface area contributed by atoms with Gasteiger partial charge in [-0.2, -0.15) is 0 Å². The van der Waals surface area contributed by atoms with Crippen molar-refractivity contribution in [3.8, 4) is 5.75 Å². The first kappa shape index (κ1) is 14.7. The van der Waals surface area contributed by atoms with Gasteiger partial charge in [-0.25, -0.2) is 0 Å². The van der Waals surface area contributed by atoms with E-state index in [1.807, 2.05) is 18.2 Å². The summed E-state index contributed by atoms with van der Waals surface area (Å²) < 4.78 is 10.7. The largest absolute Gasteiger partial charge is 0.494 e. The van der Waals surface area contributed by atoms with Crippen LogP contribution in [0.1, 0.15) is 18.4 Å². The average molecular weight is 249 g/mol. The van der Waals surface area contributed by atoms with Gasteiger partial charge in [0.05, 0.1) is 13.2 Å². The van der Waals surface area contributed by atoms with Crippen LogP contribution in [0.5, 0.6) is 5.75 Å². The summed E-state index contributed by atoms with van der Waals surface area (Å²) in [4.78, 5) is 0. The third kappa shape index (κ3) is 6.42. The quantitative estimate of drug-likeness (QED) is 0.511. The van der Waals surface area contributed by atoms with Crippen molar-refractivity contribution in [2.45, 2.75) is 19.4 Å². The predicted molar refractivity (Wildman–Crippen MR) is 75.0 cm³/mol. The number of rotatable bonds is 10. The van der Waals surface area contributed by atoms with E-state index >= 15 is 0 Å². The van der Waals surface area contributed by atoms with Gasteiger partial charge in [0.25, 0.3) is 0 Å². The number of unbranched alkanes of at least 4 members (excludes halogenated alkanes) is 1. The third-order valence-electron chi connectivity index (χ3n) is 2.53. The van der Waals surface area contributed by atoms with E-state index in [1.165, 1.54) is 5.56 Å². The topological polar surface area (TPSA) is 30.5 Å². The second kappa shape index (κ2) is 9.68. The minimum absolute atomic E-state index is 0.734. The summed E-state index contributed by atoms with van der Waals surface area (Å²) >= 11 is 0. The molecule has 0 heterocycles. The lowest BCUT2D eigenvalue weighted by atomic mass is 10.2. The van der Waals surface area contributed by atoms with Gasteiger partial charge in [0.1, 0.15) is 5.75 Å². The normalized spacial score (nSPS) is 10.3. The minimum Gasteiger partial charge on any atom is -0.494 e. The molecular weight excluding hydrogens is 226 g/mol. The van der Waals surface area contributed by atoms with Gasteiger partial charge in [-0.05, 0) is 30.5 Å². The first-order chi connectivity index (χ1) is 8.86. The lowest BCUT2D eigenvalue weighted by Crippen LogP contribution is -2.18. The summed E-state index contributed by atoms with van der Waals surface area (Å²) in [5, 5.41) is 3.31. The number of nitrogens with one attached hydrogen (secondary N) is 1. The fourth-order valence-electron chi connectivity index (χ4n) is 1.57. The summed E-state index contributed by atoms with van der Waals surface area (Å²) in [6.07, 6.45) is 3.93. The molecule has 0 aliphatic rings. The smallest absolute Gasteiger partial charge is 0.119 e. The molecule has 0 atom stereocenters. The van der Waals surface area contributed by atoms with Gasteiger partial charge in [0.15, 0.2) is 0 Å². The van der Waals surface area contributed by atoms with E-state index in [2.05, 4.69) is 24.0 Å². The van der Waals surface area contributed by atoms with E-state index in [0.29, 0.717) is 0 Å². The molecule has 0 saturated carbocycles. The Morgan fingerprint density at radius 2 is 2.22 bits per heavy atom. The maximum atomic E-state index is 5.68. The molecule has 0 fully saturated rings. The molecule has 0 unspecified atom stereocenters. The molecule has 1 rings (SSSR count). The zero-order chi connectivity index (χ0) is 13.1. The van der Waals surface area contributed by atoms with Crippen LogP contribution in [-0.2, 0) is 11.3 Å². The molecule has 0 aromatic heterocycles. The highest BCUT2D eigenvalue weighted by molar-refractivity contribution is 5.28. The van der Waals surface area contributed by atoms with Crippen LogP contribution < -0.4 is 10.1 Å². The molecule has 0 saturated heterocycles. The molecule has 3 heteroatoms. The molecule has 0 radical (unpaired) electrons. The fraction of sp³-hybridized carbons (Fsp3) is 0.467. The molecule has 1 aromatic rings. The van der Waals surface area contributed by atoms with Crippen LogP contribution in [-0.4, -0.2) is 26.9 Å². The molecule has 1 aromatic carbocycles. The average Bonchev–Trinajstić information content (AvgIpc) is 2.40. The molecule has 0 amide bonds. The standard InChI is InChI=1S/C15H23NO2/c1-3-4-5-10-18-15-8-6-7-14(12-15)13-16-9-11-17-2/h3,6-8,12,16H,1,4-5,9-11,13H2,2H3. The number of ether oxygens (including phenoxy) is 2. The van der Waals surface area contributed by atoms with Crippen LogP contribution in [0.3, 0.4) is 0 Å². The monoisotopic (exact) mass is 249 g/mol. The highest BCUT2D eigenvalue weighted by atomic mass is 16.5. The van der Waals surface area contributed by atoms with Crippen molar-refractivity contribution in [2.24, 2.45) is 0 Å². The van der Waals surface area contributed by atoms with Crippen LogP contribution in [0.4, 0.5) is 0 Å². The molecule has 0 aliphatic carbocycles. The Morgan fingerprint density at radius 3 is 3.00 bits per heavy atom. The summed E-state index contributed by atoms with van der Waals surface area (Å²) in [5.74, 6) is 0.935. The van der Waals surface area contributed by atoms with Crippen LogP contribution in [0.25, 0.3) is 0 Å². The Kier molecular flexibility index (Phi) is 7.93. The zero-order valence-electron chi connectivity index (χ0n) is 11.2. The lowest BCUT2D eigenvalue weighted by Gasteiger charge is -2.08. The number of benzene rings is 1. The molecule has 3 nitrogen and oxygen atoms in total. The first-order valence-corrected chi connectivity index (χ1v) is 6.39. The van der Waals surface area contributed by atoms with E-state index in [-0.39, 0.29) is 0 Å². The van der Waals surface area contributed by atoms with Gasteiger partial charge in [-0.15, -0.1) is 6.58 Å². The fourth-order valence-corrected chi connectivity index (χ4v) is 1.57. The second-order valence-corrected chi connectivity index (χ2v) is 4.10. The van der Waals surface area contributed by atoms with Crippen molar-refractivity contribution >= 4 is 0 Å². The SMILES string of the molecule is C=CCCCOc1cccc(CNCCOC)c1. The molecule has 0 spiro atoms. The minimum atomic E-state index is 0.734. The maximum absolute atomic E-state index is 5.68. The first-order valence-electron chi connectivity index (χ1n) is 6.39. The molecule has 0 bridgehead atoms. The van der Waals surface area contributed by atoms with Crippen LogP contribution in [0.15, 0.2) is 36.9 Å². The van der Waals surface area contributed by atoms with Gasteiger partial charge in [0, 0.05) is 20.2 Å². The van der Waals surface area contributed by atoms with E-state index in [1.54, 1.807) is 7.11 Å². The predicted octanol–water partition coefficient (Wildman–Crippen LogP) is 2.77. The van der Waals surface area contributed by atoms with Crippen molar-refractivity contribution in [1.29, 1.82) is 0 Å². The van der Waals surface area contributed by atoms with E-state index in [4.69, 9.17) is 9.47 Å². The summed E-state index contributed by atoms with van der Waals surface area (Å²) in [5.41, 5.74) is 1.23. The molecular formula is C15H23NO2. The van der Waals surface area contributed by atoms with E-state index < -0.39 is 0 Å². The maximum Gasteiger partial charge on any atom is 0.119 e. The van der Waals surface area contributed by atoms with E-state index in [9.17, 15) is 0 Å². The highest BCUT2D eigenvalue weighted by Gasteiger charge is 1.97. The van der Waals surface area contributed by atoms with Crippen molar-refractivity contribution in [3.63, 3.8) is 0 Å². The Bertz CT molecular complexity index is 339. The Hall–Kier alpha value is -1.32. The van der Waals surface area contributed by atoms with Gasteiger partial charge in [0.2, 0.25) is 0 Å². The second-order valence-electron chi connectivity index (χ2n) is 4.10. The highest BCUT2D eigenvalue weighted by Crippen LogP contribution is 2.13. The van der Waals surface area contributed by atoms with Crippen LogP contribution in [0.2, 0.25) is 0 Å². The Balaban J connectivity index is 2.29. The van der Waals surface area contributed by atoms with Crippen molar-refractivity contribution in [2.75, 3.05) is 26.9 Å². The van der Waals surface area contributed by atoms with Crippen molar-refractivity contribution in [1.82, 2.24) is 5.32 Å². The number of allylic oxidation sites excluding steroid dienone is 1. The lowest BCUT2D eigenvalue weighted by molar-refractivity contribution is 0.199. The number of hydrogen-bond donors (Lipinski definition) is 1. The van der Waals surface area contributed by atoms with Gasteiger partial charge in [-0.3, -0.25) is 0 Å². The van der Waals surface area contributed by atoms with Gasteiger partial charge < -0.3 is 14.8 Å². The van der Waals surface area contributed by atoms with Crippen LogP contribution >= 0.6 is 0 Å². The number of hydrogen-bond acceptors (Lipinski definition) is 3. The molecule has 100 valence electrons. The van der Waals surface area contributed by atoms with Crippen molar-refractivity contribution < 1.29 is 9.47 Å². The Labute approximate surface area is 110 Å². The van der Waals surface area contributed by atoms with Crippen LogP contribution in [0, 0.1) is 0 Å². The number of methoxy groups -OCH3 is 1. The summed E-state index contributed by atoms with van der Waals surface area (Å²) in [6, 6.07) is 8.19. The molecule has 18 heavy (non-hydrogen) atoms.